The Morgan fingerprint density at radius 2 is 1.78 bits per heavy atom. The maximum atomic E-state index is 9.60. The zero-order valence-corrected chi connectivity index (χ0v) is 20.1. The quantitative estimate of drug-likeness (QED) is 0.302. The van der Waals surface area contributed by atoms with Crippen LogP contribution in [-0.2, 0) is 13.1 Å². The van der Waals surface area contributed by atoms with Crippen LogP contribution in [0.1, 0.15) is 37.8 Å². The maximum absolute atomic E-state index is 9.60. The minimum Gasteiger partial charge on any atom is -0.393 e. The number of piperidine rings is 1. The first kappa shape index (κ1) is 24.5. The summed E-state index contributed by atoms with van der Waals surface area (Å²) in [5.41, 5.74) is 2.57. The van der Waals surface area contributed by atoms with Gasteiger partial charge in [-0.3, -0.25) is 9.89 Å². The molecular formula is C20H35IN4OS. The van der Waals surface area contributed by atoms with E-state index in [1.807, 2.05) is 11.8 Å². The Balaban J connectivity index is 0.00000364. The molecule has 1 aliphatic rings. The lowest BCUT2D eigenvalue weighted by atomic mass is 10.1. The first-order valence-electron chi connectivity index (χ1n) is 9.40. The third kappa shape index (κ3) is 9.02. The summed E-state index contributed by atoms with van der Waals surface area (Å²) in [4.78, 5) is 6.72. The van der Waals surface area contributed by atoms with Crippen LogP contribution in [-0.4, -0.2) is 59.8 Å². The van der Waals surface area contributed by atoms with Crippen molar-refractivity contribution in [2.75, 3.05) is 32.9 Å². The van der Waals surface area contributed by atoms with Crippen molar-refractivity contribution in [1.82, 2.24) is 15.5 Å². The van der Waals surface area contributed by atoms with E-state index < -0.39 is 0 Å². The molecule has 0 saturated carbocycles. The molecule has 1 aliphatic heterocycles. The van der Waals surface area contributed by atoms with Crippen LogP contribution in [0, 0.1) is 0 Å². The van der Waals surface area contributed by atoms with Gasteiger partial charge in [-0.1, -0.05) is 24.3 Å². The first-order valence-corrected chi connectivity index (χ1v) is 10.6. The van der Waals surface area contributed by atoms with Gasteiger partial charge in [0.05, 0.1) is 6.10 Å². The second-order valence-electron chi connectivity index (χ2n) is 7.57. The Morgan fingerprint density at radius 1 is 1.19 bits per heavy atom. The topological polar surface area (TPSA) is 59.9 Å². The van der Waals surface area contributed by atoms with Crippen LogP contribution >= 0.6 is 35.7 Å². The summed E-state index contributed by atoms with van der Waals surface area (Å²) in [7, 11) is 1.81. The number of likely N-dealkylation sites (tertiary alicyclic amines) is 1. The van der Waals surface area contributed by atoms with E-state index in [1.54, 1.807) is 7.05 Å². The van der Waals surface area contributed by atoms with E-state index >= 15 is 0 Å². The van der Waals surface area contributed by atoms with Crippen LogP contribution in [0.3, 0.4) is 0 Å². The summed E-state index contributed by atoms with van der Waals surface area (Å²) < 4.78 is 0.184. The number of aliphatic hydroxyl groups excluding tert-OH is 1. The fourth-order valence-electron chi connectivity index (χ4n) is 2.87. The summed E-state index contributed by atoms with van der Waals surface area (Å²) in [6.07, 6.45) is 3.80. The highest BCUT2D eigenvalue weighted by Gasteiger charge is 2.17. The van der Waals surface area contributed by atoms with Gasteiger partial charge >= 0.3 is 0 Å². The van der Waals surface area contributed by atoms with Gasteiger partial charge in [0.1, 0.15) is 0 Å². The molecule has 0 bridgehead atoms. The second kappa shape index (κ2) is 12.1. The van der Waals surface area contributed by atoms with E-state index in [2.05, 4.69) is 64.9 Å². The average Bonchev–Trinajstić information content (AvgIpc) is 2.65. The zero-order valence-electron chi connectivity index (χ0n) is 17.0. The van der Waals surface area contributed by atoms with Crippen molar-refractivity contribution in [1.29, 1.82) is 0 Å². The highest BCUT2D eigenvalue weighted by atomic mass is 127. The van der Waals surface area contributed by atoms with Crippen molar-refractivity contribution in [2.24, 2.45) is 4.99 Å². The molecule has 1 fully saturated rings. The first-order chi connectivity index (χ1) is 12.4. The Hall–Kier alpha value is -0.510. The number of halogens is 1. The Labute approximate surface area is 185 Å². The van der Waals surface area contributed by atoms with Crippen molar-refractivity contribution < 1.29 is 5.11 Å². The second-order valence-corrected chi connectivity index (χ2v) is 9.08. The van der Waals surface area contributed by atoms with Gasteiger partial charge in [0.15, 0.2) is 5.96 Å². The molecule has 0 radical (unpaired) electrons. The van der Waals surface area contributed by atoms with Gasteiger partial charge < -0.3 is 15.7 Å². The van der Waals surface area contributed by atoms with Gasteiger partial charge in [-0.2, -0.15) is 11.8 Å². The Kier molecular flexibility index (Phi) is 11.0. The minimum absolute atomic E-state index is 0. The third-order valence-electron chi connectivity index (χ3n) is 4.90. The van der Waals surface area contributed by atoms with Gasteiger partial charge in [-0.25, -0.2) is 0 Å². The third-order valence-corrected chi connectivity index (χ3v) is 6.15. The summed E-state index contributed by atoms with van der Waals surface area (Å²) in [5, 5.41) is 16.4. The van der Waals surface area contributed by atoms with Crippen molar-refractivity contribution in [3.05, 3.63) is 35.4 Å². The molecule has 1 aromatic carbocycles. The van der Waals surface area contributed by atoms with E-state index in [1.165, 1.54) is 11.1 Å². The molecule has 0 unspecified atom stereocenters. The summed E-state index contributed by atoms with van der Waals surface area (Å²) in [6, 6.07) is 8.77. The summed E-state index contributed by atoms with van der Waals surface area (Å²) >= 11 is 1.85. The number of nitrogens with zero attached hydrogens (tertiary/aromatic N) is 2. The number of aliphatic imine (C=N–C) groups is 1. The molecule has 0 spiro atoms. The van der Waals surface area contributed by atoms with E-state index in [9.17, 15) is 5.11 Å². The van der Waals surface area contributed by atoms with Crippen LogP contribution in [0.2, 0.25) is 0 Å². The van der Waals surface area contributed by atoms with E-state index in [0.29, 0.717) is 0 Å². The molecule has 7 heteroatoms. The average molecular weight is 506 g/mol. The number of rotatable bonds is 7. The normalized spacial score (nSPS) is 16.7. The number of nitrogens with one attached hydrogen (secondary N) is 2. The predicted molar refractivity (Wildman–Crippen MR) is 128 cm³/mol. The molecule has 3 N–H and O–H groups in total. The number of benzene rings is 1. The Morgan fingerprint density at radius 3 is 2.33 bits per heavy atom. The van der Waals surface area contributed by atoms with Gasteiger partial charge in [-0.15, -0.1) is 24.0 Å². The SMILES string of the molecule is CN=C(NCc1ccc(CN2CCC(O)CC2)cc1)NCC(C)(C)SC.I. The standard InChI is InChI=1S/C20H34N4OS.HI/c1-20(2,26-4)15-23-19(21-3)22-13-16-5-7-17(8-6-16)14-24-11-9-18(25)10-12-24;/h5-8,18,25H,9-15H2,1-4H3,(H2,21,22,23);1H. The molecule has 1 heterocycles. The van der Waals surface area contributed by atoms with Crippen LogP contribution in [0.5, 0.6) is 0 Å². The molecule has 27 heavy (non-hydrogen) atoms. The van der Waals surface area contributed by atoms with Crippen LogP contribution in [0.4, 0.5) is 0 Å². The number of hydrogen-bond acceptors (Lipinski definition) is 4. The van der Waals surface area contributed by atoms with E-state index in [4.69, 9.17) is 0 Å². The van der Waals surface area contributed by atoms with Gasteiger partial charge in [0, 0.05) is 44.5 Å². The highest BCUT2D eigenvalue weighted by molar-refractivity contribution is 14.0. The smallest absolute Gasteiger partial charge is 0.191 e. The zero-order chi connectivity index (χ0) is 19.0. The highest BCUT2D eigenvalue weighted by Crippen LogP contribution is 2.19. The maximum Gasteiger partial charge on any atom is 0.191 e. The summed E-state index contributed by atoms with van der Waals surface area (Å²) in [5.74, 6) is 0.836. The lowest BCUT2D eigenvalue weighted by Gasteiger charge is -2.29. The molecule has 0 amide bonds. The molecule has 0 aromatic heterocycles. The molecule has 0 aliphatic carbocycles. The molecule has 0 atom stereocenters. The lowest BCUT2D eigenvalue weighted by Crippen LogP contribution is -2.42. The van der Waals surface area contributed by atoms with Crippen LogP contribution in [0.15, 0.2) is 29.3 Å². The lowest BCUT2D eigenvalue weighted by molar-refractivity contribution is 0.0792. The molecule has 154 valence electrons. The van der Waals surface area contributed by atoms with Gasteiger partial charge in [0.25, 0.3) is 0 Å². The van der Waals surface area contributed by atoms with Gasteiger partial charge in [0.2, 0.25) is 0 Å². The van der Waals surface area contributed by atoms with Crippen molar-refractivity contribution >= 4 is 41.7 Å². The molecule has 2 rings (SSSR count). The molecule has 1 aromatic rings. The van der Waals surface area contributed by atoms with Crippen molar-refractivity contribution in [3.8, 4) is 0 Å². The number of aliphatic hydroxyl groups is 1. The van der Waals surface area contributed by atoms with E-state index in [0.717, 1.165) is 51.5 Å². The monoisotopic (exact) mass is 506 g/mol. The molecule has 5 nitrogen and oxygen atoms in total. The predicted octanol–water partition coefficient (Wildman–Crippen LogP) is 3.07. The van der Waals surface area contributed by atoms with Crippen LogP contribution < -0.4 is 10.6 Å². The summed E-state index contributed by atoms with van der Waals surface area (Å²) in [6.45, 7) is 9.01. The number of thioether (sulfide) groups is 1. The van der Waals surface area contributed by atoms with Crippen molar-refractivity contribution in [3.63, 3.8) is 0 Å². The largest absolute Gasteiger partial charge is 0.393 e. The Bertz CT molecular complexity index is 572. The number of hydrogen-bond donors (Lipinski definition) is 3. The fraction of sp³-hybridized carbons (Fsp3) is 0.650. The van der Waals surface area contributed by atoms with E-state index in [-0.39, 0.29) is 34.8 Å². The minimum atomic E-state index is -0.107. The molecular weight excluding hydrogens is 471 g/mol. The fourth-order valence-corrected chi connectivity index (χ4v) is 3.09. The van der Waals surface area contributed by atoms with Gasteiger partial charge in [-0.05, 0) is 44.1 Å². The van der Waals surface area contributed by atoms with Crippen LogP contribution in [0.25, 0.3) is 0 Å². The van der Waals surface area contributed by atoms with Crippen molar-refractivity contribution in [2.45, 2.75) is 50.6 Å². The molecule has 1 saturated heterocycles. The number of guanidine groups is 1.